The molecule has 16 aromatic rings. The molecule has 4 heterocycles. The maximum atomic E-state index is 5.68. The Balaban J connectivity index is 0.000000130. The van der Waals surface area contributed by atoms with E-state index in [4.69, 9.17) is 64.5 Å². The molecular weight excluding hydrogens is 1360 g/mol. The number of aryl methyl sites for hydroxylation is 2. The molecular formula is C98H88N12O. The minimum absolute atomic E-state index is 0.113. The zero-order valence-corrected chi connectivity index (χ0v) is 63.6. The van der Waals surface area contributed by atoms with Crippen molar-refractivity contribution in [2.75, 3.05) is 6.61 Å². The average Bonchev–Trinajstić information content (AvgIpc) is 0.811. The normalized spacial score (nSPS) is 10.9. The fraction of sp³-hybridized carbons (Fsp3) is 0.143. The van der Waals surface area contributed by atoms with Gasteiger partial charge in [-0.05, 0) is 67.0 Å². The summed E-state index contributed by atoms with van der Waals surface area (Å²) in [5.41, 5.74) is 15.8. The molecule has 0 bridgehead atoms. The van der Waals surface area contributed by atoms with Crippen LogP contribution in [0.3, 0.4) is 0 Å². The molecule has 0 aliphatic rings. The summed E-state index contributed by atoms with van der Waals surface area (Å²) in [6.07, 6.45) is 7.24. The molecule has 0 atom stereocenters. The van der Waals surface area contributed by atoms with E-state index < -0.39 is 0 Å². The molecule has 13 heteroatoms. The van der Waals surface area contributed by atoms with E-state index in [1.807, 2.05) is 279 Å². The number of rotatable bonds is 20. The lowest BCUT2D eigenvalue weighted by Crippen LogP contribution is -2.10. The fourth-order valence-electron chi connectivity index (χ4n) is 12.1. The molecule has 0 spiro atoms. The Morgan fingerprint density at radius 1 is 0.225 bits per heavy atom. The van der Waals surface area contributed by atoms with Crippen LogP contribution in [-0.2, 0) is 11.8 Å². The summed E-state index contributed by atoms with van der Waals surface area (Å²) in [6, 6.07) is 114. The van der Waals surface area contributed by atoms with Gasteiger partial charge >= 0.3 is 0 Å². The number of hydrogen-bond donors (Lipinski definition) is 0. The highest BCUT2D eigenvalue weighted by atomic mass is 16.5. The summed E-state index contributed by atoms with van der Waals surface area (Å²) in [4.78, 5) is 56.9. The maximum Gasteiger partial charge on any atom is 0.164 e. The molecule has 0 radical (unpaired) electrons. The van der Waals surface area contributed by atoms with E-state index in [-0.39, 0.29) is 5.41 Å². The molecule has 0 fully saturated rings. The third-order valence-electron chi connectivity index (χ3n) is 18.2. The molecule has 0 aliphatic carbocycles. The molecule has 13 nitrogen and oxygen atoms in total. The molecule has 0 saturated carbocycles. The van der Waals surface area contributed by atoms with E-state index in [9.17, 15) is 0 Å². The zero-order chi connectivity index (χ0) is 76.4. The number of hydrogen-bond acceptors (Lipinski definition) is 13. The highest BCUT2D eigenvalue weighted by molar-refractivity contribution is 5.71. The van der Waals surface area contributed by atoms with Crippen LogP contribution in [0.4, 0.5) is 0 Å². The second-order valence-corrected chi connectivity index (χ2v) is 27.7. The van der Waals surface area contributed by atoms with Gasteiger partial charge in [0.15, 0.2) is 69.9 Å². The van der Waals surface area contributed by atoms with Gasteiger partial charge in [0.2, 0.25) is 0 Å². The molecule has 0 saturated heterocycles. The van der Waals surface area contributed by atoms with Gasteiger partial charge in [-0.2, -0.15) is 0 Å². The molecule has 0 N–H and O–H groups in total. The summed E-state index contributed by atoms with van der Waals surface area (Å²) < 4.78 is 5.68. The second-order valence-electron chi connectivity index (χ2n) is 27.7. The van der Waals surface area contributed by atoms with Gasteiger partial charge in [0, 0.05) is 66.8 Å². The van der Waals surface area contributed by atoms with Crippen LogP contribution in [0, 0.1) is 6.92 Å². The highest BCUT2D eigenvalue weighted by Crippen LogP contribution is 2.32. The summed E-state index contributed by atoms with van der Waals surface area (Å²) in [6.45, 7) is 13.8. The Morgan fingerprint density at radius 2 is 0.441 bits per heavy atom. The standard InChI is InChI=1S/C27H27N3.C25H23N3.C24H21N3O.C22H17N3/c1-2-3-4-7-12-21-17-19-24(20-18-21)27-29-25(22-13-8-5-9-14-22)28-26(30-27)23-15-10-6-11-16-23;1-25(2,3)21-16-14-20(15-17-21)24-27-22(18-10-6-4-7-11-18)26-23(28-24)19-12-8-5-9-13-19;1-2-17-28-21-15-13-20(14-16-21)24-26-22(18-9-5-3-6-10-18)25-23(27-24)19-11-7-4-8-12-19;1-16-12-14-19(15-13-16)22-24-20(17-8-4-2-5-9-17)23-21(25-22)18-10-6-3-7-11-18/h5-6,8-11,13-20H,2-4,7,12H2,1H3;4-17H,1-3H3;3-16H,2,17H2,1H3;2-15H,1H3. The Labute approximate surface area is 651 Å². The van der Waals surface area contributed by atoms with Crippen LogP contribution >= 0.6 is 0 Å². The van der Waals surface area contributed by atoms with E-state index in [2.05, 4.69) is 102 Å². The lowest BCUT2D eigenvalue weighted by molar-refractivity contribution is 0.317. The Morgan fingerprint density at radius 3 is 0.667 bits per heavy atom. The van der Waals surface area contributed by atoms with Crippen molar-refractivity contribution in [3.63, 3.8) is 0 Å². The van der Waals surface area contributed by atoms with E-state index in [1.165, 1.54) is 42.4 Å². The first kappa shape index (κ1) is 75.7. The van der Waals surface area contributed by atoms with Crippen LogP contribution in [0.15, 0.2) is 340 Å². The van der Waals surface area contributed by atoms with E-state index >= 15 is 0 Å². The van der Waals surface area contributed by atoms with Crippen LogP contribution in [0.25, 0.3) is 137 Å². The molecule has 0 aliphatic heterocycles. The smallest absolute Gasteiger partial charge is 0.164 e. The van der Waals surface area contributed by atoms with Crippen molar-refractivity contribution in [1.82, 2.24) is 59.8 Å². The van der Waals surface area contributed by atoms with Gasteiger partial charge in [0.1, 0.15) is 5.75 Å². The Hall–Kier alpha value is -13.5. The number of unbranched alkanes of at least 4 members (excludes halogenated alkanes) is 3. The molecule has 12 aromatic carbocycles. The van der Waals surface area contributed by atoms with Gasteiger partial charge in [-0.1, -0.05) is 375 Å². The minimum Gasteiger partial charge on any atom is -0.494 e. The van der Waals surface area contributed by atoms with E-state index in [1.54, 1.807) is 0 Å². The van der Waals surface area contributed by atoms with Crippen LogP contribution in [0.5, 0.6) is 5.75 Å². The fourth-order valence-corrected chi connectivity index (χ4v) is 12.1. The van der Waals surface area contributed by atoms with Gasteiger partial charge in [-0.3, -0.25) is 0 Å². The van der Waals surface area contributed by atoms with Gasteiger partial charge in [0.25, 0.3) is 0 Å². The minimum atomic E-state index is 0.113. The first-order chi connectivity index (χ1) is 54.5. The molecule has 111 heavy (non-hydrogen) atoms. The van der Waals surface area contributed by atoms with Crippen molar-refractivity contribution in [3.8, 4) is 142 Å². The first-order valence-electron chi connectivity index (χ1n) is 37.9. The van der Waals surface area contributed by atoms with Crippen molar-refractivity contribution in [3.05, 3.63) is 356 Å². The van der Waals surface area contributed by atoms with Crippen molar-refractivity contribution in [2.45, 2.75) is 85.5 Å². The van der Waals surface area contributed by atoms with Gasteiger partial charge < -0.3 is 4.74 Å². The van der Waals surface area contributed by atoms with Crippen molar-refractivity contribution < 1.29 is 4.74 Å². The molecule has 16 rings (SSSR count). The molecule has 4 aromatic heterocycles. The molecule has 546 valence electrons. The largest absolute Gasteiger partial charge is 0.494 e. The first-order valence-corrected chi connectivity index (χ1v) is 37.9. The summed E-state index contributed by atoms with van der Waals surface area (Å²) >= 11 is 0. The maximum absolute atomic E-state index is 5.68. The molecule has 0 unspecified atom stereocenters. The number of nitrogens with zero attached hydrogens (tertiary/aromatic N) is 12. The summed E-state index contributed by atoms with van der Waals surface area (Å²) in [7, 11) is 0. The van der Waals surface area contributed by atoms with Crippen molar-refractivity contribution in [2.24, 2.45) is 0 Å². The van der Waals surface area contributed by atoms with E-state index in [0.717, 1.165) is 85.4 Å². The lowest BCUT2D eigenvalue weighted by Gasteiger charge is -2.19. The third-order valence-corrected chi connectivity index (χ3v) is 18.2. The predicted molar refractivity (Wildman–Crippen MR) is 452 cm³/mol. The summed E-state index contributed by atoms with van der Waals surface area (Å²) in [5.74, 6) is 9.04. The van der Waals surface area contributed by atoms with E-state index in [0.29, 0.717) is 76.5 Å². The quantitative estimate of drug-likeness (QED) is 0.0663. The van der Waals surface area contributed by atoms with Crippen molar-refractivity contribution >= 4 is 0 Å². The zero-order valence-electron chi connectivity index (χ0n) is 63.6. The van der Waals surface area contributed by atoms with Crippen molar-refractivity contribution in [1.29, 1.82) is 0 Å². The second kappa shape index (κ2) is 37.8. The van der Waals surface area contributed by atoms with Gasteiger partial charge in [-0.15, -0.1) is 0 Å². The van der Waals surface area contributed by atoms with Gasteiger partial charge in [-0.25, -0.2) is 59.8 Å². The van der Waals surface area contributed by atoms with Crippen LogP contribution < -0.4 is 4.74 Å². The van der Waals surface area contributed by atoms with Gasteiger partial charge in [0.05, 0.1) is 6.61 Å². The molecule has 0 amide bonds. The number of aromatic nitrogens is 12. The van der Waals surface area contributed by atoms with Crippen LogP contribution in [0.1, 0.15) is 83.4 Å². The monoisotopic (exact) mass is 1450 g/mol. The topological polar surface area (TPSA) is 164 Å². The third kappa shape index (κ3) is 21.0. The Kier molecular flexibility index (Phi) is 25.8. The summed E-state index contributed by atoms with van der Waals surface area (Å²) in [5, 5.41) is 0. The SMILES string of the molecule is CC(C)(C)c1ccc(-c2nc(-c3ccccc3)nc(-c3ccccc3)n2)cc1.CCCCCCc1ccc(-c2nc(-c3ccccc3)nc(-c3ccccc3)n2)cc1.CCCOc1ccc(-c2nc(-c3ccccc3)nc(-c3ccccc3)n2)cc1.Cc1ccc(-c2nc(-c3ccccc3)nc(-c3ccccc3)n2)cc1. The average molecular weight is 1450 g/mol. The number of benzene rings is 12. The Bertz CT molecular complexity index is 5300. The number of ether oxygens (including phenoxy) is 1. The lowest BCUT2D eigenvalue weighted by atomic mass is 9.87. The van der Waals surface area contributed by atoms with Crippen LogP contribution in [0.2, 0.25) is 0 Å². The highest BCUT2D eigenvalue weighted by Gasteiger charge is 2.19. The van der Waals surface area contributed by atoms with Crippen LogP contribution in [-0.4, -0.2) is 66.4 Å². The predicted octanol–water partition coefficient (Wildman–Crippen LogP) is 24.0.